The van der Waals surface area contributed by atoms with Gasteiger partial charge in [0.05, 0.1) is 0 Å². The molecule has 0 radical (unpaired) electrons. The molecule has 1 fully saturated rings. The molecule has 20 heavy (non-hydrogen) atoms. The predicted octanol–water partition coefficient (Wildman–Crippen LogP) is 1.08. The normalized spacial score (nSPS) is 19.3. The minimum atomic E-state index is -0.973. The minimum absolute atomic E-state index is 0.240. The Hall–Kier alpha value is -1.30. The lowest BCUT2D eigenvalue weighted by Gasteiger charge is -2.24. The Balaban J connectivity index is 2.39. The van der Waals surface area contributed by atoms with Gasteiger partial charge in [0.15, 0.2) is 0 Å². The van der Waals surface area contributed by atoms with Gasteiger partial charge in [-0.2, -0.15) is 0 Å². The van der Waals surface area contributed by atoms with Gasteiger partial charge in [-0.3, -0.25) is 4.79 Å². The predicted molar refractivity (Wildman–Crippen MR) is 77.7 cm³/mol. The maximum atomic E-state index is 12.1. The molecule has 2 amide bonds. The van der Waals surface area contributed by atoms with Crippen LogP contribution in [-0.2, 0) is 4.79 Å². The number of nitrogens with one attached hydrogen (secondary N) is 1. The summed E-state index contributed by atoms with van der Waals surface area (Å²) in [7, 11) is 0. The maximum absolute atomic E-state index is 12.1. The number of amides is 2. The van der Waals surface area contributed by atoms with Crippen molar-refractivity contribution in [2.24, 2.45) is 11.8 Å². The Bertz CT molecular complexity index is 334. The number of carboxylic acid groups (broad SMARTS) is 1. The van der Waals surface area contributed by atoms with Gasteiger partial charge in [-0.25, -0.2) is 4.79 Å². The van der Waals surface area contributed by atoms with Crippen LogP contribution in [0.25, 0.3) is 0 Å². The first kappa shape index (κ1) is 16.8. The monoisotopic (exact) mass is 285 g/mol. The fourth-order valence-electron chi connectivity index (χ4n) is 2.53. The second-order valence-electron chi connectivity index (χ2n) is 5.90. The van der Waals surface area contributed by atoms with Crippen molar-refractivity contribution in [3.8, 4) is 0 Å². The van der Waals surface area contributed by atoms with Gasteiger partial charge < -0.3 is 20.2 Å². The standard InChI is InChI=1S/C14H27N3O3/c1-4-16-6-5-12(9-16)7-15-14(20)17(8-11(2)3)10-13(18)19/h11-12H,4-10H2,1-3H3,(H,15,20)(H,18,19). The average Bonchev–Trinajstić information content (AvgIpc) is 2.82. The maximum Gasteiger partial charge on any atom is 0.323 e. The zero-order valence-electron chi connectivity index (χ0n) is 12.8. The van der Waals surface area contributed by atoms with E-state index in [9.17, 15) is 9.59 Å². The van der Waals surface area contributed by atoms with Crippen LogP contribution in [0.2, 0.25) is 0 Å². The van der Waals surface area contributed by atoms with Gasteiger partial charge in [0.25, 0.3) is 0 Å². The molecular weight excluding hydrogens is 258 g/mol. The zero-order chi connectivity index (χ0) is 15.1. The van der Waals surface area contributed by atoms with Crippen molar-refractivity contribution in [3.05, 3.63) is 0 Å². The highest BCUT2D eigenvalue weighted by atomic mass is 16.4. The summed E-state index contributed by atoms with van der Waals surface area (Å²) < 4.78 is 0. The third kappa shape index (κ3) is 5.77. The first-order valence-electron chi connectivity index (χ1n) is 7.39. The van der Waals surface area contributed by atoms with E-state index in [1.807, 2.05) is 13.8 Å². The van der Waals surface area contributed by atoms with E-state index in [2.05, 4.69) is 17.1 Å². The minimum Gasteiger partial charge on any atom is -0.480 e. The molecule has 0 aromatic heterocycles. The van der Waals surface area contributed by atoms with E-state index in [4.69, 9.17) is 5.11 Å². The van der Waals surface area contributed by atoms with Gasteiger partial charge in [0, 0.05) is 19.6 Å². The summed E-state index contributed by atoms with van der Waals surface area (Å²) in [6.07, 6.45) is 1.09. The summed E-state index contributed by atoms with van der Waals surface area (Å²) in [4.78, 5) is 26.6. The first-order chi connectivity index (χ1) is 9.42. The van der Waals surface area contributed by atoms with E-state index in [0.717, 1.165) is 26.1 Å². The van der Waals surface area contributed by atoms with Crippen LogP contribution in [0.4, 0.5) is 4.79 Å². The first-order valence-corrected chi connectivity index (χ1v) is 7.39. The summed E-state index contributed by atoms with van der Waals surface area (Å²) in [5.74, 6) is -0.245. The van der Waals surface area contributed by atoms with Gasteiger partial charge >= 0.3 is 12.0 Å². The lowest BCUT2D eigenvalue weighted by Crippen LogP contribution is -2.46. The van der Waals surface area contributed by atoms with Gasteiger partial charge in [0.1, 0.15) is 6.54 Å². The molecule has 1 aliphatic rings. The largest absolute Gasteiger partial charge is 0.480 e. The molecule has 1 aliphatic heterocycles. The molecule has 6 heteroatoms. The average molecular weight is 285 g/mol. The molecule has 0 aromatic rings. The number of urea groups is 1. The van der Waals surface area contributed by atoms with E-state index in [1.54, 1.807) is 0 Å². The van der Waals surface area contributed by atoms with Crippen LogP contribution >= 0.6 is 0 Å². The van der Waals surface area contributed by atoms with Crippen LogP contribution in [0, 0.1) is 11.8 Å². The van der Waals surface area contributed by atoms with Gasteiger partial charge in [-0.1, -0.05) is 20.8 Å². The number of nitrogens with zero attached hydrogens (tertiary/aromatic N) is 2. The van der Waals surface area contributed by atoms with Crippen molar-refractivity contribution in [2.45, 2.75) is 27.2 Å². The summed E-state index contributed by atoms with van der Waals surface area (Å²) in [6, 6.07) is -0.268. The lowest BCUT2D eigenvalue weighted by molar-refractivity contribution is -0.137. The zero-order valence-corrected chi connectivity index (χ0v) is 12.8. The Labute approximate surface area is 121 Å². The van der Waals surface area contributed by atoms with E-state index in [0.29, 0.717) is 19.0 Å². The number of aliphatic carboxylic acids is 1. The molecular formula is C14H27N3O3. The molecule has 1 heterocycles. The fraction of sp³-hybridized carbons (Fsp3) is 0.857. The molecule has 1 rings (SSSR count). The van der Waals surface area contributed by atoms with Crippen molar-refractivity contribution in [3.63, 3.8) is 0 Å². The highest BCUT2D eigenvalue weighted by Crippen LogP contribution is 2.14. The number of carboxylic acids is 1. The third-order valence-electron chi connectivity index (χ3n) is 3.56. The molecule has 116 valence electrons. The Kier molecular flexibility index (Phi) is 6.78. The quantitative estimate of drug-likeness (QED) is 0.734. The molecule has 0 aliphatic carbocycles. The van der Waals surface area contributed by atoms with Crippen LogP contribution < -0.4 is 5.32 Å². The number of hydrogen-bond donors (Lipinski definition) is 2. The molecule has 0 bridgehead atoms. The molecule has 1 saturated heterocycles. The Morgan fingerprint density at radius 3 is 2.65 bits per heavy atom. The fourth-order valence-corrected chi connectivity index (χ4v) is 2.53. The van der Waals surface area contributed by atoms with E-state index >= 15 is 0 Å². The molecule has 0 spiro atoms. The summed E-state index contributed by atoms with van der Waals surface area (Å²) in [5.41, 5.74) is 0. The van der Waals surface area contributed by atoms with Gasteiger partial charge in [0.2, 0.25) is 0 Å². The topological polar surface area (TPSA) is 72.9 Å². The van der Waals surface area contributed by atoms with Crippen molar-refractivity contribution in [1.82, 2.24) is 15.1 Å². The van der Waals surface area contributed by atoms with Crippen LogP contribution in [-0.4, -0.2) is 66.2 Å². The van der Waals surface area contributed by atoms with Crippen molar-refractivity contribution >= 4 is 12.0 Å². The van der Waals surface area contributed by atoms with E-state index < -0.39 is 5.97 Å². The molecule has 0 saturated carbocycles. The lowest BCUT2D eigenvalue weighted by atomic mass is 10.1. The number of carbonyl (C=O) groups excluding carboxylic acids is 1. The van der Waals surface area contributed by atoms with Gasteiger partial charge in [-0.05, 0) is 31.3 Å². The molecule has 0 aromatic carbocycles. The SMILES string of the molecule is CCN1CCC(CNC(=O)N(CC(=O)O)CC(C)C)C1. The van der Waals surface area contributed by atoms with Crippen LogP contribution in [0.15, 0.2) is 0 Å². The molecule has 1 unspecified atom stereocenters. The second-order valence-corrected chi connectivity index (χ2v) is 5.90. The molecule has 2 N–H and O–H groups in total. The van der Waals surface area contributed by atoms with Gasteiger partial charge in [-0.15, -0.1) is 0 Å². The van der Waals surface area contributed by atoms with E-state index in [1.165, 1.54) is 4.90 Å². The van der Waals surface area contributed by atoms with Crippen LogP contribution in [0.3, 0.4) is 0 Å². The third-order valence-corrected chi connectivity index (χ3v) is 3.56. The Morgan fingerprint density at radius 1 is 1.45 bits per heavy atom. The van der Waals surface area contributed by atoms with Crippen LogP contribution in [0.1, 0.15) is 27.2 Å². The van der Waals surface area contributed by atoms with Crippen LogP contribution in [0.5, 0.6) is 0 Å². The van der Waals surface area contributed by atoms with Crippen molar-refractivity contribution < 1.29 is 14.7 Å². The number of rotatable bonds is 7. The Morgan fingerprint density at radius 2 is 2.15 bits per heavy atom. The number of hydrogen-bond acceptors (Lipinski definition) is 3. The summed E-state index contributed by atoms with van der Waals surface area (Å²) in [5, 5.41) is 11.7. The highest BCUT2D eigenvalue weighted by Gasteiger charge is 2.23. The second kappa shape index (κ2) is 8.09. The number of carbonyl (C=O) groups is 2. The summed E-state index contributed by atoms with van der Waals surface area (Å²) in [6.45, 7) is 10.1. The molecule has 6 nitrogen and oxygen atoms in total. The van der Waals surface area contributed by atoms with E-state index in [-0.39, 0.29) is 18.5 Å². The van der Waals surface area contributed by atoms with Crippen molar-refractivity contribution in [2.75, 3.05) is 39.3 Å². The summed E-state index contributed by atoms with van der Waals surface area (Å²) >= 11 is 0. The number of likely N-dealkylation sites (tertiary alicyclic amines) is 1. The van der Waals surface area contributed by atoms with Crippen molar-refractivity contribution in [1.29, 1.82) is 0 Å². The molecule has 1 atom stereocenters. The highest BCUT2D eigenvalue weighted by molar-refractivity contribution is 5.80. The smallest absolute Gasteiger partial charge is 0.323 e.